The number of guanidine groups is 1. The SMILES string of the molecule is CCOC(=O)N1CCC(NC(N)=NCCC(=O)N2CCCCC2)CC1. The van der Waals surface area contributed by atoms with Gasteiger partial charge in [-0.15, -0.1) is 0 Å². The number of carbonyl (C=O) groups is 2. The topological polar surface area (TPSA) is 100 Å². The lowest BCUT2D eigenvalue weighted by atomic mass is 10.1. The summed E-state index contributed by atoms with van der Waals surface area (Å²) in [5.41, 5.74) is 5.92. The van der Waals surface area contributed by atoms with Crippen molar-refractivity contribution in [2.75, 3.05) is 39.3 Å². The minimum atomic E-state index is -0.251. The largest absolute Gasteiger partial charge is 0.450 e. The van der Waals surface area contributed by atoms with Crippen LogP contribution in [0.3, 0.4) is 0 Å². The molecule has 8 heteroatoms. The summed E-state index contributed by atoms with van der Waals surface area (Å²) in [6, 6.07) is 0.201. The summed E-state index contributed by atoms with van der Waals surface area (Å²) in [6.45, 7) is 5.65. The summed E-state index contributed by atoms with van der Waals surface area (Å²) in [4.78, 5) is 31.6. The Morgan fingerprint density at radius 3 is 2.44 bits per heavy atom. The summed E-state index contributed by atoms with van der Waals surface area (Å²) >= 11 is 0. The number of nitrogens with one attached hydrogen (secondary N) is 1. The average Bonchev–Trinajstić information content (AvgIpc) is 2.63. The third-order valence-corrected chi connectivity index (χ3v) is 4.69. The van der Waals surface area contributed by atoms with Crippen LogP contribution in [0, 0.1) is 0 Å². The first-order valence-corrected chi connectivity index (χ1v) is 9.36. The number of nitrogens with zero attached hydrogens (tertiary/aromatic N) is 3. The van der Waals surface area contributed by atoms with Crippen molar-refractivity contribution < 1.29 is 14.3 Å². The monoisotopic (exact) mass is 353 g/mol. The van der Waals surface area contributed by atoms with Crippen LogP contribution in [0.15, 0.2) is 4.99 Å². The molecule has 0 unspecified atom stereocenters. The summed E-state index contributed by atoms with van der Waals surface area (Å²) in [6.07, 6.45) is 5.19. The molecule has 2 heterocycles. The predicted octanol–water partition coefficient (Wildman–Crippen LogP) is 0.914. The first kappa shape index (κ1) is 19.3. The molecular formula is C17H31N5O3. The van der Waals surface area contributed by atoms with Crippen LogP contribution >= 0.6 is 0 Å². The van der Waals surface area contributed by atoms with Crippen molar-refractivity contribution in [1.82, 2.24) is 15.1 Å². The van der Waals surface area contributed by atoms with Gasteiger partial charge in [-0.3, -0.25) is 9.79 Å². The Kier molecular flexibility index (Phi) is 7.81. The molecular weight excluding hydrogens is 322 g/mol. The number of hydrogen-bond acceptors (Lipinski definition) is 4. The van der Waals surface area contributed by atoms with Crippen LogP contribution in [-0.4, -0.2) is 73.1 Å². The zero-order valence-electron chi connectivity index (χ0n) is 15.2. The lowest BCUT2D eigenvalue weighted by molar-refractivity contribution is -0.131. The summed E-state index contributed by atoms with van der Waals surface area (Å²) in [5.74, 6) is 0.542. The molecule has 0 bridgehead atoms. The van der Waals surface area contributed by atoms with Crippen molar-refractivity contribution in [1.29, 1.82) is 0 Å². The van der Waals surface area contributed by atoms with Gasteiger partial charge in [0.15, 0.2) is 5.96 Å². The van der Waals surface area contributed by atoms with Gasteiger partial charge in [0.05, 0.1) is 13.2 Å². The Morgan fingerprint density at radius 2 is 1.80 bits per heavy atom. The van der Waals surface area contributed by atoms with E-state index >= 15 is 0 Å². The van der Waals surface area contributed by atoms with E-state index < -0.39 is 0 Å². The fraction of sp³-hybridized carbons (Fsp3) is 0.824. The van der Waals surface area contributed by atoms with E-state index in [0.29, 0.717) is 38.6 Å². The minimum Gasteiger partial charge on any atom is -0.450 e. The predicted molar refractivity (Wildman–Crippen MR) is 96.3 cm³/mol. The maximum Gasteiger partial charge on any atom is 0.409 e. The molecule has 2 amide bonds. The van der Waals surface area contributed by atoms with Gasteiger partial charge in [0.25, 0.3) is 0 Å². The highest BCUT2D eigenvalue weighted by molar-refractivity contribution is 5.79. The second kappa shape index (κ2) is 10.1. The Morgan fingerprint density at radius 1 is 1.12 bits per heavy atom. The molecule has 2 saturated heterocycles. The zero-order valence-corrected chi connectivity index (χ0v) is 15.2. The molecule has 0 aromatic carbocycles. The molecule has 0 spiro atoms. The second-order valence-corrected chi connectivity index (χ2v) is 6.56. The van der Waals surface area contributed by atoms with Gasteiger partial charge in [0.1, 0.15) is 0 Å². The summed E-state index contributed by atoms with van der Waals surface area (Å²) < 4.78 is 5.01. The number of rotatable bonds is 5. The zero-order chi connectivity index (χ0) is 18.1. The summed E-state index contributed by atoms with van der Waals surface area (Å²) in [7, 11) is 0. The van der Waals surface area contributed by atoms with Gasteiger partial charge >= 0.3 is 6.09 Å². The molecule has 2 rings (SSSR count). The molecule has 2 aliphatic rings. The Hall–Kier alpha value is -1.99. The number of nitrogens with two attached hydrogens (primary N) is 1. The average molecular weight is 353 g/mol. The number of piperidine rings is 2. The van der Waals surface area contributed by atoms with Gasteiger partial charge < -0.3 is 25.6 Å². The van der Waals surface area contributed by atoms with Crippen molar-refractivity contribution in [2.24, 2.45) is 10.7 Å². The maximum absolute atomic E-state index is 12.1. The normalized spacial score (nSPS) is 19.6. The van der Waals surface area contributed by atoms with Crippen molar-refractivity contribution in [3.63, 3.8) is 0 Å². The van der Waals surface area contributed by atoms with Gasteiger partial charge in [-0.2, -0.15) is 0 Å². The van der Waals surface area contributed by atoms with E-state index in [0.717, 1.165) is 38.8 Å². The molecule has 25 heavy (non-hydrogen) atoms. The number of carbonyl (C=O) groups excluding carboxylic acids is 2. The maximum atomic E-state index is 12.1. The Labute approximate surface area is 149 Å². The highest BCUT2D eigenvalue weighted by Crippen LogP contribution is 2.12. The lowest BCUT2D eigenvalue weighted by Crippen LogP contribution is -2.48. The van der Waals surface area contributed by atoms with Crippen molar-refractivity contribution in [3.05, 3.63) is 0 Å². The quantitative estimate of drug-likeness (QED) is 0.565. The molecule has 0 atom stereocenters. The van der Waals surface area contributed by atoms with E-state index in [4.69, 9.17) is 10.5 Å². The highest BCUT2D eigenvalue weighted by atomic mass is 16.6. The Balaban J connectivity index is 1.64. The molecule has 0 aromatic heterocycles. The standard InChI is InChI=1S/C17H31N5O3/c1-2-25-17(24)22-12-7-14(8-13-22)20-16(18)19-9-6-15(23)21-10-4-3-5-11-21/h14H,2-13H2,1H3,(H3,18,19,20). The van der Waals surface area contributed by atoms with Crippen LogP contribution in [0.2, 0.25) is 0 Å². The van der Waals surface area contributed by atoms with Crippen LogP contribution in [0.25, 0.3) is 0 Å². The fourth-order valence-electron chi connectivity index (χ4n) is 3.25. The van der Waals surface area contributed by atoms with Crippen LogP contribution in [0.5, 0.6) is 0 Å². The van der Waals surface area contributed by atoms with E-state index in [-0.39, 0.29) is 18.0 Å². The fourth-order valence-corrected chi connectivity index (χ4v) is 3.25. The van der Waals surface area contributed by atoms with Gasteiger partial charge in [0.2, 0.25) is 5.91 Å². The number of hydrogen-bond donors (Lipinski definition) is 2. The van der Waals surface area contributed by atoms with Gasteiger partial charge in [0, 0.05) is 38.6 Å². The summed E-state index contributed by atoms with van der Waals surface area (Å²) in [5, 5.41) is 3.19. The molecule has 0 aliphatic carbocycles. The molecule has 3 N–H and O–H groups in total. The van der Waals surface area contributed by atoms with E-state index in [1.54, 1.807) is 11.8 Å². The molecule has 0 saturated carbocycles. The van der Waals surface area contributed by atoms with Crippen molar-refractivity contribution >= 4 is 18.0 Å². The molecule has 2 fully saturated rings. The molecule has 142 valence electrons. The second-order valence-electron chi connectivity index (χ2n) is 6.56. The molecule has 8 nitrogen and oxygen atoms in total. The third kappa shape index (κ3) is 6.43. The number of aliphatic imine (C=N–C) groups is 1. The highest BCUT2D eigenvalue weighted by Gasteiger charge is 2.23. The van der Waals surface area contributed by atoms with Gasteiger partial charge in [-0.1, -0.05) is 0 Å². The van der Waals surface area contributed by atoms with E-state index in [1.807, 2.05) is 4.90 Å². The van der Waals surface area contributed by atoms with E-state index in [9.17, 15) is 9.59 Å². The lowest BCUT2D eigenvalue weighted by Gasteiger charge is -2.31. The van der Waals surface area contributed by atoms with Gasteiger partial charge in [-0.25, -0.2) is 4.79 Å². The van der Waals surface area contributed by atoms with Crippen molar-refractivity contribution in [3.8, 4) is 0 Å². The number of ether oxygens (including phenoxy) is 1. The molecule has 0 radical (unpaired) electrons. The number of likely N-dealkylation sites (tertiary alicyclic amines) is 2. The van der Waals surface area contributed by atoms with Crippen molar-refractivity contribution in [2.45, 2.75) is 51.5 Å². The first-order valence-electron chi connectivity index (χ1n) is 9.36. The smallest absolute Gasteiger partial charge is 0.409 e. The minimum absolute atomic E-state index is 0.166. The number of amides is 2. The third-order valence-electron chi connectivity index (χ3n) is 4.69. The first-order chi connectivity index (χ1) is 12.1. The molecule has 0 aromatic rings. The van der Waals surface area contributed by atoms with Crippen LogP contribution < -0.4 is 11.1 Å². The van der Waals surface area contributed by atoms with Crippen LogP contribution in [-0.2, 0) is 9.53 Å². The van der Waals surface area contributed by atoms with Gasteiger partial charge in [-0.05, 0) is 39.0 Å². The van der Waals surface area contributed by atoms with E-state index in [2.05, 4.69) is 10.3 Å². The van der Waals surface area contributed by atoms with E-state index in [1.165, 1.54) is 6.42 Å². The van der Waals surface area contributed by atoms with Crippen LogP contribution in [0.4, 0.5) is 4.79 Å². The Bertz CT molecular complexity index is 469. The van der Waals surface area contributed by atoms with Crippen LogP contribution in [0.1, 0.15) is 45.4 Å². The molecule has 2 aliphatic heterocycles.